The SMILES string of the molecule is COc1cc(C(=O)O[C@@H](C)C(=O)c2ccc(OC(F)F)cc2)ccc1C. The molecule has 0 aliphatic heterocycles. The summed E-state index contributed by atoms with van der Waals surface area (Å²) in [5.41, 5.74) is 1.33. The van der Waals surface area contributed by atoms with Crippen LogP contribution >= 0.6 is 0 Å². The summed E-state index contributed by atoms with van der Waals surface area (Å²) in [5.74, 6) is -0.649. The molecular weight excluding hydrogens is 346 g/mol. The van der Waals surface area contributed by atoms with Crippen LogP contribution in [0.15, 0.2) is 42.5 Å². The first kappa shape index (κ1) is 19.4. The zero-order chi connectivity index (χ0) is 19.3. The van der Waals surface area contributed by atoms with Crippen LogP contribution in [0.5, 0.6) is 11.5 Å². The molecule has 0 unspecified atom stereocenters. The maximum absolute atomic E-state index is 12.3. The molecule has 0 fully saturated rings. The van der Waals surface area contributed by atoms with Crippen molar-refractivity contribution in [1.82, 2.24) is 0 Å². The minimum Gasteiger partial charge on any atom is -0.496 e. The minimum atomic E-state index is -2.94. The molecule has 0 amide bonds. The highest BCUT2D eigenvalue weighted by molar-refractivity contribution is 6.01. The van der Waals surface area contributed by atoms with Gasteiger partial charge in [0.1, 0.15) is 11.5 Å². The summed E-state index contributed by atoms with van der Waals surface area (Å²) >= 11 is 0. The highest BCUT2D eigenvalue weighted by Gasteiger charge is 2.21. The highest BCUT2D eigenvalue weighted by atomic mass is 19.3. The molecular formula is C19H18F2O5. The number of ether oxygens (including phenoxy) is 3. The number of benzene rings is 2. The van der Waals surface area contributed by atoms with E-state index >= 15 is 0 Å². The van der Waals surface area contributed by atoms with Crippen molar-refractivity contribution in [2.75, 3.05) is 7.11 Å². The maximum atomic E-state index is 12.3. The van der Waals surface area contributed by atoms with Gasteiger partial charge in [-0.3, -0.25) is 4.79 Å². The summed E-state index contributed by atoms with van der Waals surface area (Å²) in [4.78, 5) is 24.5. The Balaban J connectivity index is 2.05. The van der Waals surface area contributed by atoms with Crippen molar-refractivity contribution in [2.24, 2.45) is 0 Å². The number of hydrogen-bond acceptors (Lipinski definition) is 5. The molecule has 1 atom stereocenters. The number of ketones is 1. The second kappa shape index (κ2) is 8.42. The van der Waals surface area contributed by atoms with Gasteiger partial charge in [-0.1, -0.05) is 6.07 Å². The monoisotopic (exact) mass is 364 g/mol. The Kier molecular flexibility index (Phi) is 6.27. The summed E-state index contributed by atoms with van der Waals surface area (Å²) in [6, 6.07) is 9.99. The van der Waals surface area contributed by atoms with Crippen molar-refractivity contribution >= 4 is 11.8 Å². The number of aryl methyl sites for hydroxylation is 1. The maximum Gasteiger partial charge on any atom is 0.387 e. The van der Waals surface area contributed by atoms with Crippen LogP contribution in [0, 0.1) is 6.92 Å². The van der Waals surface area contributed by atoms with E-state index in [1.54, 1.807) is 12.1 Å². The van der Waals surface area contributed by atoms with Crippen LogP contribution < -0.4 is 9.47 Å². The lowest BCUT2D eigenvalue weighted by molar-refractivity contribution is -0.0498. The standard InChI is InChI=1S/C19H18F2O5/c1-11-4-5-14(10-16(11)24-3)18(23)25-12(2)17(22)13-6-8-15(9-7-13)26-19(20)21/h4-10,12,19H,1-3H3/t12-/m0/s1. The Bertz CT molecular complexity index is 787. The number of carbonyl (C=O) groups is 2. The smallest absolute Gasteiger partial charge is 0.387 e. The van der Waals surface area contributed by atoms with Gasteiger partial charge in [0.25, 0.3) is 0 Å². The summed E-state index contributed by atoms with van der Waals surface area (Å²) in [6.07, 6.45) is -1.04. The quantitative estimate of drug-likeness (QED) is 0.548. The number of Topliss-reactive ketones (excluding diaryl/α,β-unsaturated/α-hetero) is 1. The van der Waals surface area contributed by atoms with Gasteiger partial charge in [0.2, 0.25) is 5.78 Å². The Morgan fingerprint density at radius 2 is 1.62 bits per heavy atom. The molecule has 0 aromatic heterocycles. The van der Waals surface area contributed by atoms with Crippen molar-refractivity contribution in [2.45, 2.75) is 26.6 Å². The molecule has 0 saturated heterocycles. The third kappa shape index (κ3) is 4.78. The number of carbonyl (C=O) groups excluding carboxylic acids is 2. The van der Waals surface area contributed by atoms with E-state index in [4.69, 9.17) is 9.47 Å². The van der Waals surface area contributed by atoms with Crippen molar-refractivity contribution < 1.29 is 32.6 Å². The molecule has 0 bridgehead atoms. The van der Waals surface area contributed by atoms with Gasteiger partial charge in [-0.15, -0.1) is 0 Å². The van der Waals surface area contributed by atoms with Crippen molar-refractivity contribution in [3.8, 4) is 11.5 Å². The number of hydrogen-bond donors (Lipinski definition) is 0. The van der Waals surface area contributed by atoms with E-state index in [0.29, 0.717) is 5.75 Å². The van der Waals surface area contributed by atoms with Crippen molar-refractivity contribution in [3.05, 3.63) is 59.2 Å². The van der Waals surface area contributed by atoms with Gasteiger partial charge in [-0.2, -0.15) is 8.78 Å². The van der Waals surface area contributed by atoms with E-state index in [1.165, 1.54) is 44.4 Å². The van der Waals surface area contributed by atoms with E-state index in [1.807, 2.05) is 6.92 Å². The Hall–Kier alpha value is -2.96. The first-order valence-corrected chi connectivity index (χ1v) is 7.76. The van der Waals surface area contributed by atoms with E-state index < -0.39 is 24.5 Å². The Morgan fingerprint density at radius 3 is 2.19 bits per heavy atom. The molecule has 0 heterocycles. The molecule has 0 spiro atoms. The van der Waals surface area contributed by atoms with Crippen LogP contribution in [0.1, 0.15) is 33.2 Å². The van der Waals surface area contributed by atoms with E-state index in [0.717, 1.165) is 5.56 Å². The predicted octanol–water partition coefficient (Wildman–Crippen LogP) is 4.03. The van der Waals surface area contributed by atoms with Crippen LogP contribution in [0.2, 0.25) is 0 Å². The van der Waals surface area contributed by atoms with Gasteiger partial charge >= 0.3 is 12.6 Å². The molecule has 2 aromatic rings. The van der Waals surface area contributed by atoms with Crippen LogP contribution in [-0.2, 0) is 4.74 Å². The van der Waals surface area contributed by atoms with Gasteiger partial charge in [0.15, 0.2) is 6.10 Å². The minimum absolute atomic E-state index is 0.0621. The Labute approximate surface area is 149 Å². The molecule has 0 radical (unpaired) electrons. The van der Waals surface area contributed by atoms with E-state index in [-0.39, 0.29) is 16.9 Å². The third-order valence-corrected chi connectivity index (χ3v) is 3.66. The van der Waals surface area contributed by atoms with Crippen LogP contribution in [0.3, 0.4) is 0 Å². The average Bonchev–Trinajstić information content (AvgIpc) is 2.61. The van der Waals surface area contributed by atoms with Crippen LogP contribution in [-0.4, -0.2) is 31.6 Å². The first-order chi connectivity index (χ1) is 12.3. The molecule has 0 aliphatic rings. The molecule has 2 rings (SSSR count). The second-order valence-electron chi connectivity index (χ2n) is 5.50. The zero-order valence-corrected chi connectivity index (χ0v) is 14.5. The fourth-order valence-corrected chi connectivity index (χ4v) is 2.26. The lowest BCUT2D eigenvalue weighted by Gasteiger charge is -2.14. The summed E-state index contributed by atoms with van der Waals surface area (Å²) < 4.78 is 38.8. The molecule has 138 valence electrons. The number of rotatable bonds is 7. The fraction of sp³-hybridized carbons (Fsp3) is 0.263. The third-order valence-electron chi connectivity index (χ3n) is 3.66. The molecule has 26 heavy (non-hydrogen) atoms. The van der Waals surface area contributed by atoms with Crippen LogP contribution in [0.4, 0.5) is 8.78 Å². The summed E-state index contributed by atoms with van der Waals surface area (Å²) in [7, 11) is 1.49. The van der Waals surface area contributed by atoms with Crippen molar-refractivity contribution in [3.63, 3.8) is 0 Å². The number of halogens is 2. The zero-order valence-electron chi connectivity index (χ0n) is 14.5. The normalized spacial score (nSPS) is 11.8. The highest BCUT2D eigenvalue weighted by Crippen LogP contribution is 2.21. The number of esters is 1. The summed E-state index contributed by atoms with van der Waals surface area (Å²) in [6.45, 7) is 0.333. The molecule has 0 saturated carbocycles. The topological polar surface area (TPSA) is 61.8 Å². The Morgan fingerprint density at radius 1 is 1.00 bits per heavy atom. The van der Waals surface area contributed by atoms with Crippen molar-refractivity contribution in [1.29, 1.82) is 0 Å². The molecule has 0 aliphatic carbocycles. The molecule has 0 N–H and O–H groups in total. The lowest BCUT2D eigenvalue weighted by Crippen LogP contribution is -2.24. The largest absolute Gasteiger partial charge is 0.496 e. The van der Waals surface area contributed by atoms with Gasteiger partial charge in [-0.25, -0.2) is 4.79 Å². The lowest BCUT2D eigenvalue weighted by atomic mass is 10.1. The first-order valence-electron chi connectivity index (χ1n) is 7.76. The molecule has 2 aromatic carbocycles. The fourth-order valence-electron chi connectivity index (χ4n) is 2.26. The molecule has 5 nitrogen and oxygen atoms in total. The van der Waals surface area contributed by atoms with E-state index in [2.05, 4.69) is 4.74 Å². The van der Waals surface area contributed by atoms with Gasteiger partial charge in [0.05, 0.1) is 12.7 Å². The average molecular weight is 364 g/mol. The van der Waals surface area contributed by atoms with Gasteiger partial charge < -0.3 is 14.2 Å². The predicted molar refractivity (Wildman–Crippen MR) is 90.0 cm³/mol. The van der Waals surface area contributed by atoms with Gasteiger partial charge in [0, 0.05) is 5.56 Å². The van der Waals surface area contributed by atoms with Crippen LogP contribution in [0.25, 0.3) is 0 Å². The number of alkyl halides is 2. The second-order valence-corrected chi connectivity index (χ2v) is 5.50. The number of methoxy groups -OCH3 is 1. The van der Waals surface area contributed by atoms with Gasteiger partial charge in [-0.05, 0) is 55.8 Å². The summed E-state index contributed by atoms with van der Waals surface area (Å²) in [5, 5.41) is 0. The molecule has 7 heteroatoms. The van der Waals surface area contributed by atoms with E-state index in [9.17, 15) is 18.4 Å².